The van der Waals surface area contributed by atoms with E-state index in [0.29, 0.717) is 6.23 Å². The third-order valence-electron chi connectivity index (χ3n) is 1.29. The van der Waals surface area contributed by atoms with Gasteiger partial charge in [0, 0.05) is 6.23 Å². The largest absolute Gasteiger partial charge is 0.439 e. The highest BCUT2D eigenvalue weighted by atomic mass is 29.8. The van der Waals surface area contributed by atoms with Crippen molar-refractivity contribution in [3.8, 4) is 0 Å². The third-order valence-corrected chi connectivity index (χ3v) is 32.5. The summed E-state index contributed by atoms with van der Waals surface area (Å²) in [6, 6.07) is 0. The van der Waals surface area contributed by atoms with Crippen LogP contribution in [0.4, 0.5) is 0 Å². The van der Waals surface area contributed by atoms with Crippen LogP contribution in [0.2, 0.25) is 0 Å². The molecule has 1 fully saturated rings. The molecule has 48 valence electrons. The van der Waals surface area contributed by atoms with Crippen LogP contribution in [-0.2, 0) is 4.43 Å². The maximum absolute atomic E-state index is 9.14. The van der Waals surface area contributed by atoms with Gasteiger partial charge in [-0.1, -0.05) is 0 Å². The minimum Gasteiger partial charge on any atom is -0.439 e. The van der Waals surface area contributed by atoms with Crippen LogP contribution in [0.1, 0.15) is 0 Å². The van der Waals surface area contributed by atoms with Gasteiger partial charge in [0.15, 0.2) is 8.08 Å². The lowest BCUT2D eigenvalue weighted by Gasteiger charge is -2.18. The Hall–Kier alpha value is 0.748. The van der Waals surface area contributed by atoms with Gasteiger partial charge in [-0.05, 0) is 0 Å². The average molecular weight is 182 g/mol. The van der Waals surface area contributed by atoms with Crippen molar-refractivity contribution >= 4 is 34.5 Å². The maximum Gasteiger partial charge on any atom is 0.207 e. The molecule has 1 heterocycles. The maximum atomic E-state index is 9.14. The quantitative estimate of drug-likeness (QED) is 0.373. The first-order valence-corrected chi connectivity index (χ1v) is 15.1. The number of hydrogen-bond acceptors (Lipinski definition) is 3. The minimum absolute atomic E-state index is 0.192. The Morgan fingerprint density at radius 2 is 2.25 bits per heavy atom. The van der Waals surface area contributed by atoms with Crippen LogP contribution in [0.5, 0.6) is 0 Å². The molecule has 2 atom stereocenters. The fraction of sp³-hybridized carbons (Fsp3) is 1.00. The van der Waals surface area contributed by atoms with E-state index in [2.05, 4.69) is 0 Å². The van der Waals surface area contributed by atoms with Gasteiger partial charge in [-0.15, -0.1) is 0 Å². The van der Waals surface area contributed by atoms with Gasteiger partial charge in [0.2, 0.25) is 8.56 Å². The number of rotatable bonds is 0. The molecule has 1 saturated heterocycles. The third kappa shape index (κ3) is 1.62. The highest BCUT2D eigenvalue weighted by Gasteiger charge is 2.25. The van der Waals surface area contributed by atoms with E-state index in [1.165, 1.54) is 0 Å². The van der Waals surface area contributed by atoms with E-state index in [1.54, 1.807) is 0 Å². The summed E-state index contributed by atoms with van der Waals surface area (Å²) in [5, 5.41) is 0. The summed E-state index contributed by atoms with van der Waals surface area (Å²) in [7, 11) is -3.48. The normalized spacial score (nSPS) is 45.8. The Morgan fingerprint density at radius 1 is 1.50 bits per heavy atom. The predicted octanol–water partition coefficient (Wildman–Crippen LogP) is -4.27. The second-order valence-electron chi connectivity index (χ2n) is 2.00. The van der Waals surface area contributed by atoms with Gasteiger partial charge < -0.3 is 14.0 Å². The molecule has 0 aliphatic carbocycles. The summed E-state index contributed by atoms with van der Waals surface area (Å²) < 4.78 is 5.14. The molecule has 0 aromatic rings. The van der Waals surface area contributed by atoms with E-state index in [4.69, 9.17) is 14.0 Å². The standard InChI is InChI=1S/CH10O3Si4/c2-7-1-4-5-6-8(7)3/h2-3,7-8H,1,5-6H2. The number of hydrogen-bond donors (Lipinski definition) is 2. The molecular weight excluding hydrogens is 172 g/mol. The Kier molecular flexibility index (Phi) is 2.62. The van der Waals surface area contributed by atoms with Crippen molar-refractivity contribution in [2.45, 2.75) is 0 Å². The Morgan fingerprint density at radius 3 is 2.62 bits per heavy atom. The highest BCUT2D eigenvalue weighted by Crippen LogP contribution is 1.88. The fourth-order valence-electron chi connectivity index (χ4n) is 0.712. The van der Waals surface area contributed by atoms with E-state index in [1.807, 2.05) is 0 Å². The second-order valence-corrected chi connectivity index (χ2v) is 24.1. The molecule has 1 aliphatic heterocycles. The lowest BCUT2D eigenvalue weighted by Crippen LogP contribution is -2.52. The molecule has 8 heavy (non-hydrogen) atoms. The molecule has 2 N–H and O–H groups in total. The molecule has 0 spiro atoms. The van der Waals surface area contributed by atoms with Crippen molar-refractivity contribution in [1.82, 2.24) is 0 Å². The molecule has 0 amide bonds. The molecular formula is CH10O3Si4. The Bertz CT molecular complexity index is 67.7. The molecule has 3 nitrogen and oxygen atoms in total. The zero-order valence-electron chi connectivity index (χ0n) is 4.58. The van der Waals surface area contributed by atoms with E-state index in [-0.39, 0.29) is 17.8 Å². The predicted molar refractivity (Wildman–Crippen MR) is 41.8 cm³/mol. The molecule has 1 aliphatic rings. The van der Waals surface area contributed by atoms with Gasteiger partial charge in [0.05, 0.1) is 8.55 Å². The average Bonchev–Trinajstić information content (AvgIpc) is 1.77. The van der Waals surface area contributed by atoms with E-state index in [0.717, 1.165) is 0 Å². The first kappa shape index (κ1) is 6.86. The first-order valence-electron chi connectivity index (χ1n) is 2.74. The molecule has 0 radical (unpaired) electrons. The van der Waals surface area contributed by atoms with Crippen molar-refractivity contribution in [1.29, 1.82) is 0 Å². The molecule has 0 aromatic heterocycles. The van der Waals surface area contributed by atoms with Gasteiger partial charge >= 0.3 is 0 Å². The van der Waals surface area contributed by atoms with Crippen LogP contribution in [-0.4, -0.2) is 50.3 Å². The summed E-state index contributed by atoms with van der Waals surface area (Å²) in [5.74, 6) is 0. The topological polar surface area (TPSA) is 49.7 Å². The zero-order chi connectivity index (χ0) is 5.98. The second kappa shape index (κ2) is 3.05. The smallest absolute Gasteiger partial charge is 0.207 e. The molecule has 1 rings (SSSR count). The zero-order valence-corrected chi connectivity index (χ0v) is 9.72. The first-order chi connectivity index (χ1) is 3.80. The monoisotopic (exact) mass is 182 g/mol. The van der Waals surface area contributed by atoms with E-state index in [9.17, 15) is 0 Å². The van der Waals surface area contributed by atoms with Crippen LogP contribution in [0.3, 0.4) is 0 Å². The van der Waals surface area contributed by atoms with Crippen molar-refractivity contribution < 1.29 is 14.0 Å². The highest BCUT2D eigenvalue weighted by molar-refractivity contribution is 7.52. The van der Waals surface area contributed by atoms with Crippen LogP contribution in [0.15, 0.2) is 0 Å². The lowest BCUT2D eigenvalue weighted by atomic mass is 11.7. The Balaban J connectivity index is 2.28. The van der Waals surface area contributed by atoms with Crippen LogP contribution in [0, 0.1) is 0 Å². The van der Waals surface area contributed by atoms with Gasteiger partial charge in [0.25, 0.3) is 0 Å². The van der Waals surface area contributed by atoms with Crippen LogP contribution < -0.4 is 0 Å². The minimum atomic E-state index is -1.62. The molecule has 0 bridgehead atoms. The molecule has 2 unspecified atom stereocenters. The SMILES string of the molecule is O[SiH]1CO[SiH2][SiH2][SiH]1O. The fourth-order valence-corrected chi connectivity index (χ4v) is 31.6. The van der Waals surface area contributed by atoms with Crippen molar-refractivity contribution in [2.24, 2.45) is 0 Å². The summed E-state index contributed by atoms with van der Waals surface area (Å²) in [5.41, 5.74) is 0. The van der Waals surface area contributed by atoms with Crippen molar-refractivity contribution in [2.75, 3.05) is 6.23 Å². The summed E-state index contributed by atoms with van der Waals surface area (Å²) in [6.45, 7) is 0. The summed E-state index contributed by atoms with van der Waals surface area (Å²) in [4.78, 5) is 18.2. The molecule has 0 aromatic carbocycles. The van der Waals surface area contributed by atoms with Gasteiger partial charge in [-0.25, -0.2) is 0 Å². The summed E-state index contributed by atoms with van der Waals surface area (Å²) >= 11 is 0. The van der Waals surface area contributed by atoms with Crippen molar-refractivity contribution in [3.63, 3.8) is 0 Å². The van der Waals surface area contributed by atoms with Crippen LogP contribution >= 0.6 is 0 Å². The van der Waals surface area contributed by atoms with E-state index >= 15 is 0 Å². The summed E-state index contributed by atoms with van der Waals surface area (Å²) in [6.07, 6.45) is 0.576. The lowest BCUT2D eigenvalue weighted by molar-refractivity contribution is 0.387. The molecule has 7 heteroatoms. The van der Waals surface area contributed by atoms with Crippen LogP contribution in [0.25, 0.3) is 0 Å². The van der Waals surface area contributed by atoms with Gasteiger partial charge in [-0.3, -0.25) is 0 Å². The van der Waals surface area contributed by atoms with Gasteiger partial charge in [-0.2, -0.15) is 0 Å². The molecule has 0 saturated carbocycles. The van der Waals surface area contributed by atoms with Crippen molar-refractivity contribution in [3.05, 3.63) is 0 Å². The Labute approximate surface area is 55.3 Å². The van der Waals surface area contributed by atoms with Gasteiger partial charge in [0.1, 0.15) is 9.28 Å². The van der Waals surface area contributed by atoms with E-state index < -0.39 is 16.6 Å².